The molecule has 0 radical (unpaired) electrons. The molecule has 1 aliphatic rings. The molecule has 2 N–H and O–H groups in total. The van der Waals surface area contributed by atoms with Gasteiger partial charge in [0.2, 0.25) is 0 Å². The molecule has 1 aromatic carbocycles. The molecule has 0 aromatic heterocycles. The van der Waals surface area contributed by atoms with Gasteiger partial charge in [-0.15, -0.1) is 0 Å². The zero-order valence-electron chi connectivity index (χ0n) is 11.7. The minimum Gasteiger partial charge on any atom is -0.393 e. The molecule has 110 valence electrons. The van der Waals surface area contributed by atoms with Gasteiger partial charge in [0.15, 0.2) is 0 Å². The third-order valence-corrected chi connectivity index (χ3v) is 3.56. The number of piperidine rings is 1. The number of anilines is 1. The molecule has 6 nitrogen and oxygen atoms in total. The topological polar surface area (TPSA) is 81.6 Å². The Morgan fingerprint density at radius 1 is 1.55 bits per heavy atom. The number of nitrogen functional groups attached to an aromatic ring is 1. The number of nitrogens with two attached hydrogens (primary N) is 1. The summed E-state index contributed by atoms with van der Waals surface area (Å²) < 4.78 is 5.67. The number of likely N-dealkylation sites (tertiary alicyclic amines) is 1. The van der Waals surface area contributed by atoms with Crippen molar-refractivity contribution < 1.29 is 9.66 Å². The number of benzene rings is 1. The number of rotatable bonds is 5. The van der Waals surface area contributed by atoms with E-state index >= 15 is 0 Å². The Bertz CT molecular complexity index is 477. The van der Waals surface area contributed by atoms with Crippen molar-refractivity contribution in [2.75, 3.05) is 25.4 Å². The highest BCUT2D eigenvalue weighted by Gasteiger charge is 2.20. The molecular formula is C14H21N3O3. The normalized spacial score (nSPS) is 19.9. The minimum atomic E-state index is -0.453. The molecule has 1 heterocycles. The molecule has 6 heteroatoms. The Hall–Kier alpha value is -1.66. The van der Waals surface area contributed by atoms with E-state index in [4.69, 9.17) is 10.5 Å². The first-order valence-electron chi connectivity index (χ1n) is 6.97. The zero-order chi connectivity index (χ0) is 14.5. The van der Waals surface area contributed by atoms with Crippen LogP contribution in [-0.2, 0) is 11.3 Å². The van der Waals surface area contributed by atoms with E-state index in [2.05, 4.69) is 4.90 Å². The largest absolute Gasteiger partial charge is 0.393 e. The van der Waals surface area contributed by atoms with E-state index in [0.29, 0.717) is 6.10 Å². The molecule has 0 amide bonds. The van der Waals surface area contributed by atoms with Crippen molar-refractivity contribution in [2.24, 2.45) is 0 Å². The second-order valence-corrected chi connectivity index (χ2v) is 5.10. The van der Waals surface area contributed by atoms with Crippen LogP contribution in [0.25, 0.3) is 0 Å². The average Bonchev–Trinajstić information content (AvgIpc) is 2.39. The molecule has 1 unspecified atom stereocenters. The number of nitro benzene ring substituents is 1. The van der Waals surface area contributed by atoms with Gasteiger partial charge in [0.25, 0.3) is 5.69 Å². The second-order valence-electron chi connectivity index (χ2n) is 5.10. The SMILES string of the molecule is CCOC1CCCN(Cc2ccc([N+](=O)[O-])c(N)c2)C1. The van der Waals surface area contributed by atoms with Gasteiger partial charge in [0.1, 0.15) is 5.69 Å². The smallest absolute Gasteiger partial charge is 0.292 e. The highest BCUT2D eigenvalue weighted by atomic mass is 16.6. The quantitative estimate of drug-likeness (QED) is 0.507. The van der Waals surface area contributed by atoms with Crippen molar-refractivity contribution in [3.8, 4) is 0 Å². The third-order valence-electron chi connectivity index (χ3n) is 3.56. The summed E-state index contributed by atoms with van der Waals surface area (Å²) in [7, 11) is 0. The lowest BCUT2D eigenvalue weighted by atomic mass is 10.1. The van der Waals surface area contributed by atoms with Crippen LogP contribution in [0.2, 0.25) is 0 Å². The first kappa shape index (κ1) is 14.7. The van der Waals surface area contributed by atoms with E-state index in [-0.39, 0.29) is 11.4 Å². The summed E-state index contributed by atoms with van der Waals surface area (Å²) in [6.45, 7) is 5.44. The maximum Gasteiger partial charge on any atom is 0.292 e. The highest BCUT2D eigenvalue weighted by molar-refractivity contribution is 5.59. The lowest BCUT2D eigenvalue weighted by Gasteiger charge is -2.32. The minimum absolute atomic E-state index is 0.0282. The van der Waals surface area contributed by atoms with Crippen molar-refractivity contribution in [3.63, 3.8) is 0 Å². The van der Waals surface area contributed by atoms with Crippen LogP contribution in [0.1, 0.15) is 25.3 Å². The van der Waals surface area contributed by atoms with Gasteiger partial charge in [-0.25, -0.2) is 0 Å². The first-order chi connectivity index (χ1) is 9.60. The monoisotopic (exact) mass is 279 g/mol. The van der Waals surface area contributed by atoms with Gasteiger partial charge in [0.05, 0.1) is 11.0 Å². The molecule has 1 atom stereocenters. The second kappa shape index (κ2) is 6.67. The van der Waals surface area contributed by atoms with Gasteiger partial charge in [-0.2, -0.15) is 0 Å². The molecule has 1 saturated heterocycles. The van der Waals surface area contributed by atoms with Crippen LogP contribution in [-0.4, -0.2) is 35.6 Å². The number of hydrogen-bond donors (Lipinski definition) is 1. The fraction of sp³-hybridized carbons (Fsp3) is 0.571. The molecule has 1 aromatic rings. The van der Waals surface area contributed by atoms with Gasteiger partial charge in [-0.3, -0.25) is 15.0 Å². The van der Waals surface area contributed by atoms with Gasteiger partial charge in [-0.1, -0.05) is 6.07 Å². The first-order valence-corrected chi connectivity index (χ1v) is 6.97. The molecule has 2 rings (SSSR count). The van der Waals surface area contributed by atoms with E-state index in [9.17, 15) is 10.1 Å². The fourth-order valence-electron chi connectivity index (χ4n) is 2.66. The van der Waals surface area contributed by atoms with Crippen molar-refractivity contribution in [3.05, 3.63) is 33.9 Å². The summed E-state index contributed by atoms with van der Waals surface area (Å²) in [5.74, 6) is 0. The van der Waals surface area contributed by atoms with Crippen molar-refractivity contribution >= 4 is 11.4 Å². The van der Waals surface area contributed by atoms with Crippen LogP contribution < -0.4 is 5.73 Å². The van der Waals surface area contributed by atoms with Gasteiger partial charge in [-0.05, 0) is 37.9 Å². The number of hydrogen-bond acceptors (Lipinski definition) is 5. The lowest BCUT2D eigenvalue weighted by Crippen LogP contribution is -2.39. The van der Waals surface area contributed by atoms with Crippen molar-refractivity contribution in [1.29, 1.82) is 0 Å². The summed E-state index contributed by atoms with van der Waals surface area (Å²) in [6, 6.07) is 4.95. The molecule has 1 aliphatic heterocycles. The molecule has 0 aliphatic carbocycles. The molecular weight excluding hydrogens is 258 g/mol. The van der Waals surface area contributed by atoms with Crippen LogP contribution in [0.15, 0.2) is 18.2 Å². The van der Waals surface area contributed by atoms with E-state index in [1.54, 1.807) is 12.1 Å². The summed E-state index contributed by atoms with van der Waals surface area (Å²) in [5, 5.41) is 10.7. The summed E-state index contributed by atoms with van der Waals surface area (Å²) in [5.41, 5.74) is 6.92. The summed E-state index contributed by atoms with van der Waals surface area (Å²) in [6.07, 6.45) is 2.52. The van der Waals surface area contributed by atoms with E-state index in [1.807, 2.05) is 6.92 Å². The van der Waals surface area contributed by atoms with Crippen LogP contribution in [0, 0.1) is 10.1 Å². The highest BCUT2D eigenvalue weighted by Crippen LogP contribution is 2.23. The molecule has 1 fully saturated rings. The van der Waals surface area contributed by atoms with Crippen LogP contribution in [0.5, 0.6) is 0 Å². The van der Waals surface area contributed by atoms with Crippen LogP contribution >= 0.6 is 0 Å². The summed E-state index contributed by atoms with van der Waals surface area (Å²) >= 11 is 0. The molecule has 20 heavy (non-hydrogen) atoms. The Kier molecular flexibility index (Phi) is 4.92. The Morgan fingerprint density at radius 3 is 3.00 bits per heavy atom. The Balaban J connectivity index is 1.99. The Morgan fingerprint density at radius 2 is 2.35 bits per heavy atom. The molecule has 0 saturated carbocycles. The standard InChI is InChI=1S/C14H21N3O3/c1-2-20-12-4-3-7-16(10-12)9-11-5-6-14(17(18)19)13(15)8-11/h5-6,8,12H,2-4,7,9-10,15H2,1H3. The maximum atomic E-state index is 10.7. The van der Waals surface area contributed by atoms with Crippen molar-refractivity contribution in [1.82, 2.24) is 4.90 Å². The van der Waals surface area contributed by atoms with Gasteiger partial charge >= 0.3 is 0 Å². The zero-order valence-corrected chi connectivity index (χ0v) is 11.7. The number of nitrogens with zero attached hydrogens (tertiary/aromatic N) is 2. The Labute approximate surface area is 118 Å². The van der Waals surface area contributed by atoms with E-state index in [1.165, 1.54) is 6.07 Å². The molecule has 0 spiro atoms. The molecule has 0 bridgehead atoms. The average molecular weight is 279 g/mol. The predicted molar refractivity (Wildman–Crippen MR) is 77.4 cm³/mol. The van der Waals surface area contributed by atoms with Crippen LogP contribution in [0.4, 0.5) is 11.4 Å². The van der Waals surface area contributed by atoms with E-state index < -0.39 is 4.92 Å². The number of nitro groups is 1. The predicted octanol–water partition coefficient (Wildman–Crippen LogP) is 2.18. The maximum absolute atomic E-state index is 10.7. The third kappa shape index (κ3) is 3.68. The lowest BCUT2D eigenvalue weighted by molar-refractivity contribution is -0.383. The van der Waals surface area contributed by atoms with Gasteiger partial charge in [0, 0.05) is 25.8 Å². The summed E-state index contributed by atoms with van der Waals surface area (Å²) in [4.78, 5) is 12.6. The van der Waals surface area contributed by atoms with E-state index in [0.717, 1.165) is 44.6 Å². The van der Waals surface area contributed by atoms with Crippen LogP contribution in [0.3, 0.4) is 0 Å². The van der Waals surface area contributed by atoms with Gasteiger partial charge < -0.3 is 10.5 Å². The van der Waals surface area contributed by atoms with Crippen molar-refractivity contribution in [2.45, 2.75) is 32.4 Å². The number of ether oxygens (including phenoxy) is 1. The fourth-order valence-corrected chi connectivity index (χ4v) is 2.66.